The summed E-state index contributed by atoms with van der Waals surface area (Å²) in [7, 11) is 0. The van der Waals surface area contributed by atoms with Gasteiger partial charge in [-0.15, -0.1) is 0 Å². The van der Waals surface area contributed by atoms with E-state index < -0.39 is 5.60 Å². The summed E-state index contributed by atoms with van der Waals surface area (Å²) in [4.78, 5) is 11.5. The van der Waals surface area contributed by atoms with E-state index in [1.807, 2.05) is 20.8 Å². The third-order valence-electron chi connectivity index (χ3n) is 2.36. The highest BCUT2D eigenvalue weighted by Crippen LogP contribution is 2.16. The van der Waals surface area contributed by atoms with Gasteiger partial charge < -0.3 is 15.8 Å². The number of nitrogens with one attached hydrogen (secondary N) is 1. The van der Waals surface area contributed by atoms with E-state index in [1.54, 1.807) is 0 Å². The number of ether oxygens (including phenoxy) is 1. The maximum atomic E-state index is 11.5. The molecule has 3 N–H and O–H groups in total. The Bertz CT molecular complexity index is 338. The van der Waals surface area contributed by atoms with Gasteiger partial charge in [0.2, 0.25) is 0 Å². The van der Waals surface area contributed by atoms with Gasteiger partial charge in [0.1, 0.15) is 5.60 Å². The van der Waals surface area contributed by atoms with Gasteiger partial charge in [0, 0.05) is 13.1 Å². The number of carbonyl (C=O) groups is 1. The van der Waals surface area contributed by atoms with Crippen molar-refractivity contribution in [2.24, 2.45) is 5.73 Å². The SMILES string of the molecule is CC(C)(C)OC(=O)NCC1=CC(CN)=CCC1. The third-order valence-corrected chi connectivity index (χ3v) is 2.36. The molecule has 0 aliphatic heterocycles. The molecule has 0 radical (unpaired) electrons. The summed E-state index contributed by atoms with van der Waals surface area (Å²) >= 11 is 0. The zero-order chi connectivity index (χ0) is 12.9. The van der Waals surface area contributed by atoms with Crippen molar-refractivity contribution in [2.75, 3.05) is 13.1 Å². The van der Waals surface area contributed by atoms with Crippen molar-refractivity contribution in [2.45, 2.75) is 39.2 Å². The lowest BCUT2D eigenvalue weighted by atomic mass is 9.99. The molecule has 0 aromatic heterocycles. The summed E-state index contributed by atoms with van der Waals surface area (Å²) in [5, 5.41) is 2.76. The molecule has 1 aliphatic carbocycles. The first-order chi connectivity index (χ1) is 7.90. The Hall–Kier alpha value is -1.29. The Labute approximate surface area is 103 Å². The Balaban J connectivity index is 2.39. The van der Waals surface area contributed by atoms with Crippen molar-refractivity contribution in [3.63, 3.8) is 0 Å². The van der Waals surface area contributed by atoms with Gasteiger partial charge in [-0.25, -0.2) is 4.79 Å². The van der Waals surface area contributed by atoms with E-state index in [4.69, 9.17) is 10.5 Å². The van der Waals surface area contributed by atoms with E-state index in [0.29, 0.717) is 13.1 Å². The van der Waals surface area contributed by atoms with Crippen molar-refractivity contribution in [3.05, 3.63) is 23.3 Å². The number of allylic oxidation sites excluding steroid dienone is 1. The zero-order valence-corrected chi connectivity index (χ0v) is 10.9. The molecule has 1 rings (SSSR count). The maximum absolute atomic E-state index is 11.5. The second-order valence-electron chi connectivity index (χ2n) is 5.18. The number of carbonyl (C=O) groups excluding carboxylic acids is 1. The molecule has 0 bridgehead atoms. The van der Waals surface area contributed by atoms with Gasteiger partial charge in [-0.1, -0.05) is 17.7 Å². The number of hydrogen-bond donors (Lipinski definition) is 2. The van der Waals surface area contributed by atoms with E-state index in [0.717, 1.165) is 18.4 Å². The van der Waals surface area contributed by atoms with E-state index in [2.05, 4.69) is 17.5 Å². The van der Waals surface area contributed by atoms with Gasteiger partial charge in [-0.2, -0.15) is 0 Å². The average molecular weight is 238 g/mol. The minimum absolute atomic E-state index is 0.373. The molecular formula is C13H22N2O2. The van der Waals surface area contributed by atoms with Crippen molar-refractivity contribution in [1.29, 1.82) is 0 Å². The minimum atomic E-state index is -0.451. The van der Waals surface area contributed by atoms with Gasteiger partial charge in [0.05, 0.1) is 0 Å². The molecule has 4 heteroatoms. The van der Waals surface area contributed by atoms with Gasteiger partial charge in [-0.05, 0) is 39.2 Å². The number of rotatable bonds is 3. The van der Waals surface area contributed by atoms with Gasteiger partial charge in [0.15, 0.2) is 0 Å². The van der Waals surface area contributed by atoms with Crippen LogP contribution in [0, 0.1) is 0 Å². The third kappa shape index (κ3) is 5.54. The Morgan fingerprint density at radius 1 is 1.53 bits per heavy atom. The molecule has 0 saturated carbocycles. The second kappa shape index (κ2) is 5.87. The monoisotopic (exact) mass is 238 g/mol. The van der Waals surface area contributed by atoms with E-state index in [1.165, 1.54) is 5.57 Å². The fourth-order valence-corrected chi connectivity index (χ4v) is 1.62. The first-order valence-corrected chi connectivity index (χ1v) is 5.96. The normalized spacial score (nSPS) is 16.0. The number of amides is 1. The van der Waals surface area contributed by atoms with E-state index in [-0.39, 0.29) is 6.09 Å². The molecule has 0 heterocycles. The van der Waals surface area contributed by atoms with Crippen LogP contribution in [0.15, 0.2) is 23.3 Å². The molecule has 0 fully saturated rings. The molecule has 0 spiro atoms. The largest absolute Gasteiger partial charge is 0.444 e. The quantitative estimate of drug-likeness (QED) is 0.791. The lowest BCUT2D eigenvalue weighted by Crippen LogP contribution is -2.33. The standard InChI is InChI=1S/C13H22N2O2/c1-13(2,3)17-12(16)15-9-11-6-4-5-10(7-11)8-14/h5,7H,4,6,8-9,14H2,1-3H3,(H,15,16). The van der Waals surface area contributed by atoms with Crippen molar-refractivity contribution in [3.8, 4) is 0 Å². The van der Waals surface area contributed by atoms with Crippen LogP contribution in [0.25, 0.3) is 0 Å². The van der Waals surface area contributed by atoms with Crippen LogP contribution in [0.5, 0.6) is 0 Å². The van der Waals surface area contributed by atoms with E-state index >= 15 is 0 Å². The molecule has 0 unspecified atom stereocenters. The van der Waals surface area contributed by atoms with Crippen LogP contribution >= 0.6 is 0 Å². The highest BCUT2D eigenvalue weighted by Gasteiger charge is 2.16. The van der Waals surface area contributed by atoms with Crippen LogP contribution in [0.2, 0.25) is 0 Å². The summed E-state index contributed by atoms with van der Waals surface area (Å²) in [6, 6.07) is 0. The number of nitrogens with two attached hydrogens (primary N) is 1. The van der Waals surface area contributed by atoms with Crippen LogP contribution < -0.4 is 11.1 Å². The lowest BCUT2D eigenvalue weighted by molar-refractivity contribution is 0.0532. The van der Waals surface area contributed by atoms with E-state index in [9.17, 15) is 4.79 Å². The van der Waals surface area contributed by atoms with Gasteiger partial charge >= 0.3 is 6.09 Å². The van der Waals surface area contributed by atoms with Gasteiger partial charge in [-0.3, -0.25) is 0 Å². The average Bonchev–Trinajstić information content (AvgIpc) is 2.24. The molecular weight excluding hydrogens is 216 g/mol. The molecule has 0 saturated heterocycles. The first-order valence-electron chi connectivity index (χ1n) is 5.96. The molecule has 0 atom stereocenters. The smallest absolute Gasteiger partial charge is 0.407 e. The summed E-state index contributed by atoms with van der Waals surface area (Å²) in [5.41, 5.74) is 7.46. The van der Waals surface area contributed by atoms with Crippen LogP contribution in [0.1, 0.15) is 33.6 Å². The van der Waals surface area contributed by atoms with Gasteiger partial charge in [0.25, 0.3) is 0 Å². The molecule has 0 aromatic carbocycles. The number of alkyl carbamates (subject to hydrolysis) is 1. The molecule has 4 nitrogen and oxygen atoms in total. The molecule has 1 aliphatic rings. The molecule has 96 valence electrons. The molecule has 1 amide bonds. The summed E-state index contributed by atoms with van der Waals surface area (Å²) in [6.45, 7) is 6.63. The van der Waals surface area contributed by atoms with Crippen LogP contribution in [-0.2, 0) is 4.74 Å². The Morgan fingerprint density at radius 2 is 2.24 bits per heavy atom. The summed E-state index contributed by atoms with van der Waals surface area (Å²) in [6.07, 6.45) is 5.79. The Morgan fingerprint density at radius 3 is 2.82 bits per heavy atom. The minimum Gasteiger partial charge on any atom is -0.444 e. The maximum Gasteiger partial charge on any atom is 0.407 e. The topological polar surface area (TPSA) is 64.3 Å². The van der Waals surface area contributed by atoms with Crippen LogP contribution in [0.4, 0.5) is 4.79 Å². The highest BCUT2D eigenvalue weighted by molar-refractivity contribution is 5.68. The van der Waals surface area contributed by atoms with Crippen molar-refractivity contribution < 1.29 is 9.53 Å². The summed E-state index contributed by atoms with van der Waals surface area (Å²) < 4.78 is 5.17. The predicted octanol–water partition coefficient (Wildman–Crippen LogP) is 2.12. The molecule has 0 aromatic rings. The first kappa shape index (κ1) is 13.8. The van der Waals surface area contributed by atoms with Crippen molar-refractivity contribution >= 4 is 6.09 Å². The second-order valence-corrected chi connectivity index (χ2v) is 5.18. The fourth-order valence-electron chi connectivity index (χ4n) is 1.62. The number of hydrogen-bond acceptors (Lipinski definition) is 3. The molecule has 17 heavy (non-hydrogen) atoms. The lowest BCUT2D eigenvalue weighted by Gasteiger charge is -2.20. The van der Waals surface area contributed by atoms with Crippen molar-refractivity contribution in [1.82, 2.24) is 5.32 Å². The highest BCUT2D eigenvalue weighted by atomic mass is 16.6. The van der Waals surface area contributed by atoms with Crippen LogP contribution in [-0.4, -0.2) is 24.8 Å². The van der Waals surface area contributed by atoms with Crippen LogP contribution in [0.3, 0.4) is 0 Å². The fraction of sp³-hybridized carbons (Fsp3) is 0.615. The summed E-state index contributed by atoms with van der Waals surface area (Å²) in [5.74, 6) is 0. The zero-order valence-electron chi connectivity index (χ0n) is 10.9. The Kier molecular flexibility index (Phi) is 4.75. The predicted molar refractivity (Wildman–Crippen MR) is 68.7 cm³/mol.